The maximum absolute atomic E-state index is 5.93. The summed E-state index contributed by atoms with van der Waals surface area (Å²) in [6.07, 6.45) is 1.35. The van der Waals surface area contributed by atoms with E-state index in [-0.39, 0.29) is 0 Å². The summed E-state index contributed by atoms with van der Waals surface area (Å²) in [5, 5.41) is 0. The molecule has 2 N–H and O–H groups in total. The molecule has 2 aromatic rings. The maximum atomic E-state index is 5.93. The molecule has 1 aliphatic rings. The van der Waals surface area contributed by atoms with Gasteiger partial charge in [-0.3, -0.25) is 4.90 Å². The maximum Gasteiger partial charge on any atom is 0.119 e. The van der Waals surface area contributed by atoms with Gasteiger partial charge >= 0.3 is 0 Å². The highest BCUT2D eigenvalue weighted by Gasteiger charge is 2.21. The first kappa shape index (κ1) is 18.7. The van der Waals surface area contributed by atoms with Crippen molar-refractivity contribution in [3.63, 3.8) is 0 Å². The van der Waals surface area contributed by atoms with Gasteiger partial charge in [-0.1, -0.05) is 44.2 Å². The van der Waals surface area contributed by atoms with Crippen molar-refractivity contribution in [3.8, 4) is 5.75 Å². The molecule has 0 radical (unpaired) electrons. The van der Waals surface area contributed by atoms with E-state index in [1.807, 2.05) is 30.3 Å². The summed E-state index contributed by atoms with van der Waals surface area (Å²) < 4.78 is 5.93. The Bertz CT molecular complexity index is 634. The van der Waals surface area contributed by atoms with Crippen LogP contribution in [0.1, 0.15) is 25.8 Å². The van der Waals surface area contributed by atoms with E-state index in [0.717, 1.165) is 43.0 Å². The number of ether oxygens (including phenoxy) is 1. The van der Waals surface area contributed by atoms with Crippen molar-refractivity contribution < 1.29 is 4.74 Å². The van der Waals surface area contributed by atoms with Crippen LogP contribution in [0, 0.1) is 11.8 Å². The van der Waals surface area contributed by atoms with Gasteiger partial charge in [-0.15, -0.1) is 0 Å². The SMILES string of the molecule is CC1CC(C)CN(CCOc2ccc(CNNc3ccccc3)cc2)C1. The average Bonchev–Trinajstić information content (AvgIpc) is 2.63. The molecule has 0 aromatic heterocycles. The molecule has 0 aliphatic carbocycles. The average molecular weight is 354 g/mol. The molecule has 1 fully saturated rings. The Hall–Kier alpha value is -2.04. The smallest absolute Gasteiger partial charge is 0.119 e. The minimum Gasteiger partial charge on any atom is -0.492 e. The number of rotatable bonds is 8. The van der Waals surface area contributed by atoms with Crippen LogP contribution < -0.4 is 15.6 Å². The Labute approximate surface area is 157 Å². The van der Waals surface area contributed by atoms with Gasteiger partial charge in [0.2, 0.25) is 0 Å². The van der Waals surface area contributed by atoms with Crippen molar-refractivity contribution in [2.45, 2.75) is 26.8 Å². The molecular formula is C22H31N3O. The number of para-hydroxylation sites is 1. The molecule has 4 nitrogen and oxygen atoms in total. The summed E-state index contributed by atoms with van der Waals surface area (Å²) in [4.78, 5) is 2.53. The first-order valence-electron chi connectivity index (χ1n) is 9.67. The van der Waals surface area contributed by atoms with Crippen LogP contribution in [0.3, 0.4) is 0 Å². The highest BCUT2D eigenvalue weighted by Crippen LogP contribution is 2.20. The Morgan fingerprint density at radius 2 is 1.65 bits per heavy atom. The summed E-state index contributed by atoms with van der Waals surface area (Å²) in [5.41, 5.74) is 8.72. The van der Waals surface area contributed by atoms with E-state index in [0.29, 0.717) is 0 Å². The number of piperidine rings is 1. The number of nitrogens with one attached hydrogen (secondary N) is 2. The van der Waals surface area contributed by atoms with Crippen LogP contribution in [0.4, 0.5) is 5.69 Å². The molecule has 26 heavy (non-hydrogen) atoms. The Balaban J connectivity index is 1.36. The Morgan fingerprint density at radius 1 is 0.962 bits per heavy atom. The minimum atomic E-state index is 0.757. The lowest BCUT2D eigenvalue weighted by Crippen LogP contribution is -2.40. The minimum absolute atomic E-state index is 0.757. The van der Waals surface area contributed by atoms with Gasteiger partial charge in [-0.2, -0.15) is 0 Å². The number of benzene rings is 2. The number of hydrogen-bond donors (Lipinski definition) is 2. The predicted molar refractivity (Wildman–Crippen MR) is 108 cm³/mol. The fourth-order valence-corrected chi connectivity index (χ4v) is 3.74. The molecule has 0 saturated carbocycles. The van der Waals surface area contributed by atoms with E-state index < -0.39 is 0 Å². The van der Waals surface area contributed by atoms with E-state index >= 15 is 0 Å². The number of anilines is 1. The fourth-order valence-electron chi connectivity index (χ4n) is 3.74. The molecule has 140 valence electrons. The van der Waals surface area contributed by atoms with Gasteiger partial charge < -0.3 is 10.2 Å². The zero-order chi connectivity index (χ0) is 18.2. The van der Waals surface area contributed by atoms with E-state index in [1.54, 1.807) is 0 Å². The van der Waals surface area contributed by atoms with Gasteiger partial charge in [0, 0.05) is 31.9 Å². The summed E-state index contributed by atoms with van der Waals surface area (Å²) in [7, 11) is 0. The molecule has 2 aromatic carbocycles. The summed E-state index contributed by atoms with van der Waals surface area (Å²) in [6.45, 7) is 9.63. The van der Waals surface area contributed by atoms with Crippen LogP contribution in [0.2, 0.25) is 0 Å². The molecule has 4 heteroatoms. The molecule has 2 atom stereocenters. The second-order valence-electron chi connectivity index (χ2n) is 7.54. The first-order valence-corrected chi connectivity index (χ1v) is 9.67. The molecule has 2 unspecified atom stereocenters. The van der Waals surface area contributed by atoms with Crippen molar-refractivity contribution in [1.29, 1.82) is 0 Å². The Morgan fingerprint density at radius 3 is 2.35 bits per heavy atom. The van der Waals surface area contributed by atoms with Crippen molar-refractivity contribution in [1.82, 2.24) is 10.3 Å². The highest BCUT2D eigenvalue weighted by molar-refractivity contribution is 5.41. The third-order valence-electron chi connectivity index (χ3n) is 4.84. The standard InChI is InChI=1S/C22H31N3O/c1-18-14-19(2)17-25(16-18)12-13-26-22-10-8-20(9-11-22)15-23-24-21-6-4-3-5-7-21/h3-11,18-19,23-24H,12-17H2,1-2H3. The van der Waals surface area contributed by atoms with E-state index in [4.69, 9.17) is 4.74 Å². The molecule has 0 spiro atoms. The second-order valence-corrected chi connectivity index (χ2v) is 7.54. The number of hydrazine groups is 1. The second kappa shape index (κ2) is 9.60. The predicted octanol–water partition coefficient (Wildman–Crippen LogP) is 4.16. The summed E-state index contributed by atoms with van der Waals surface area (Å²) in [6, 6.07) is 18.4. The number of nitrogens with zero attached hydrogens (tertiary/aromatic N) is 1. The van der Waals surface area contributed by atoms with Crippen LogP contribution in [-0.4, -0.2) is 31.1 Å². The zero-order valence-electron chi connectivity index (χ0n) is 15.9. The normalized spacial score (nSPS) is 20.7. The Kier molecular flexibility index (Phi) is 6.92. The first-order chi connectivity index (χ1) is 12.7. The van der Waals surface area contributed by atoms with Crippen molar-refractivity contribution in [3.05, 3.63) is 60.2 Å². The lowest BCUT2D eigenvalue weighted by molar-refractivity contribution is 0.120. The molecule has 0 bridgehead atoms. The molecule has 3 rings (SSSR count). The van der Waals surface area contributed by atoms with Crippen LogP contribution >= 0.6 is 0 Å². The molecule has 0 amide bonds. The molecule has 1 saturated heterocycles. The van der Waals surface area contributed by atoms with Crippen LogP contribution in [0.15, 0.2) is 54.6 Å². The van der Waals surface area contributed by atoms with Gasteiger partial charge in [0.25, 0.3) is 0 Å². The zero-order valence-corrected chi connectivity index (χ0v) is 15.9. The third-order valence-corrected chi connectivity index (χ3v) is 4.84. The number of likely N-dealkylation sites (tertiary alicyclic amines) is 1. The quantitative estimate of drug-likeness (QED) is 0.699. The topological polar surface area (TPSA) is 36.5 Å². The van der Waals surface area contributed by atoms with Gasteiger partial charge in [-0.25, -0.2) is 5.43 Å². The van der Waals surface area contributed by atoms with Gasteiger partial charge in [-0.05, 0) is 48.1 Å². The lowest BCUT2D eigenvalue weighted by atomic mass is 9.92. The van der Waals surface area contributed by atoms with Crippen LogP contribution in [0.5, 0.6) is 5.75 Å². The fraction of sp³-hybridized carbons (Fsp3) is 0.455. The molecular weight excluding hydrogens is 322 g/mol. The third kappa shape index (κ3) is 6.04. The van der Waals surface area contributed by atoms with Crippen molar-refractivity contribution in [2.24, 2.45) is 11.8 Å². The largest absolute Gasteiger partial charge is 0.492 e. The van der Waals surface area contributed by atoms with Gasteiger partial charge in [0.15, 0.2) is 0 Å². The molecule has 1 aliphatic heterocycles. The van der Waals surface area contributed by atoms with Gasteiger partial charge in [0.05, 0.1) is 0 Å². The monoisotopic (exact) mass is 353 g/mol. The number of hydrogen-bond acceptors (Lipinski definition) is 4. The van der Waals surface area contributed by atoms with Gasteiger partial charge in [0.1, 0.15) is 12.4 Å². The van der Waals surface area contributed by atoms with E-state index in [1.165, 1.54) is 25.1 Å². The summed E-state index contributed by atoms with van der Waals surface area (Å²) >= 11 is 0. The molecule has 1 heterocycles. The van der Waals surface area contributed by atoms with Crippen molar-refractivity contribution in [2.75, 3.05) is 31.7 Å². The van der Waals surface area contributed by atoms with Crippen molar-refractivity contribution >= 4 is 5.69 Å². The van der Waals surface area contributed by atoms with Crippen LogP contribution in [-0.2, 0) is 6.54 Å². The lowest BCUT2D eigenvalue weighted by Gasteiger charge is -2.34. The van der Waals surface area contributed by atoms with E-state index in [2.05, 4.69) is 53.9 Å². The highest BCUT2D eigenvalue weighted by atomic mass is 16.5. The van der Waals surface area contributed by atoms with Crippen LogP contribution in [0.25, 0.3) is 0 Å². The summed E-state index contributed by atoms with van der Waals surface area (Å²) in [5.74, 6) is 2.55. The van der Waals surface area contributed by atoms with E-state index in [9.17, 15) is 0 Å².